The van der Waals surface area contributed by atoms with E-state index in [0.29, 0.717) is 12.1 Å². The van der Waals surface area contributed by atoms with E-state index in [4.69, 9.17) is 10.8 Å². The predicted octanol–water partition coefficient (Wildman–Crippen LogP) is 1.95. The van der Waals surface area contributed by atoms with Gasteiger partial charge in [-0.15, -0.1) is 0 Å². The predicted molar refractivity (Wildman–Crippen MR) is 64.9 cm³/mol. The summed E-state index contributed by atoms with van der Waals surface area (Å²) in [7, 11) is 0. The average molecular weight is 228 g/mol. The van der Waals surface area contributed by atoms with E-state index in [1.807, 2.05) is 24.3 Å². The van der Waals surface area contributed by atoms with Gasteiger partial charge in [-0.25, -0.2) is 4.79 Å². The van der Waals surface area contributed by atoms with E-state index in [2.05, 4.69) is 4.98 Å². The number of pyridine rings is 1. The van der Waals surface area contributed by atoms with E-state index in [9.17, 15) is 4.79 Å². The molecule has 0 fully saturated rings. The molecule has 1 aromatic heterocycles. The fraction of sp³-hybridized carbons (Fsp3) is 0.0769. The van der Waals surface area contributed by atoms with Crippen molar-refractivity contribution in [2.75, 3.05) is 5.73 Å². The summed E-state index contributed by atoms with van der Waals surface area (Å²) in [6, 6.07) is 9.13. The van der Waals surface area contributed by atoms with Crippen LogP contribution in [0.4, 0.5) is 5.69 Å². The molecule has 1 aromatic carbocycles. The largest absolute Gasteiger partial charge is 0.478 e. The molecule has 86 valence electrons. The SMILES string of the molecule is Nc1cccc(Cc2cncc(C(=O)O)c2)c1. The van der Waals surface area contributed by atoms with E-state index in [0.717, 1.165) is 11.1 Å². The summed E-state index contributed by atoms with van der Waals surface area (Å²) in [5.41, 5.74) is 8.47. The summed E-state index contributed by atoms with van der Waals surface area (Å²) >= 11 is 0. The summed E-state index contributed by atoms with van der Waals surface area (Å²) in [6.07, 6.45) is 3.62. The standard InChI is InChI=1S/C13H12N2O2/c14-12-3-1-2-9(6-12)4-10-5-11(13(16)17)8-15-7-10/h1-3,5-8H,4,14H2,(H,16,17). The number of nitrogen functional groups attached to an aromatic ring is 1. The van der Waals surface area contributed by atoms with E-state index in [-0.39, 0.29) is 5.56 Å². The number of nitrogens with two attached hydrogens (primary N) is 1. The van der Waals surface area contributed by atoms with Gasteiger partial charge in [-0.3, -0.25) is 4.98 Å². The molecule has 17 heavy (non-hydrogen) atoms. The van der Waals surface area contributed by atoms with Crippen LogP contribution in [-0.4, -0.2) is 16.1 Å². The van der Waals surface area contributed by atoms with Crippen molar-refractivity contribution < 1.29 is 9.90 Å². The van der Waals surface area contributed by atoms with Gasteiger partial charge in [-0.1, -0.05) is 12.1 Å². The van der Waals surface area contributed by atoms with Gasteiger partial charge < -0.3 is 10.8 Å². The Labute approximate surface area is 98.7 Å². The monoisotopic (exact) mass is 228 g/mol. The first kappa shape index (κ1) is 11.1. The van der Waals surface area contributed by atoms with Crippen LogP contribution in [0.3, 0.4) is 0 Å². The second-order valence-electron chi connectivity index (χ2n) is 3.81. The number of carboxylic acid groups (broad SMARTS) is 1. The molecule has 0 radical (unpaired) electrons. The second kappa shape index (κ2) is 4.65. The summed E-state index contributed by atoms with van der Waals surface area (Å²) in [5, 5.41) is 8.86. The number of aromatic nitrogens is 1. The molecule has 0 spiro atoms. The molecule has 0 aliphatic rings. The molecule has 4 nitrogen and oxygen atoms in total. The highest BCUT2D eigenvalue weighted by Crippen LogP contribution is 2.13. The quantitative estimate of drug-likeness (QED) is 0.787. The van der Waals surface area contributed by atoms with Gasteiger partial charge >= 0.3 is 5.97 Å². The van der Waals surface area contributed by atoms with Crippen molar-refractivity contribution in [3.63, 3.8) is 0 Å². The molecule has 3 N–H and O–H groups in total. The third-order valence-corrected chi connectivity index (χ3v) is 2.40. The van der Waals surface area contributed by atoms with Gasteiger partial charge in [0.1, 0.15) is 0 Å². The molecule has 0 atom stereocenters. The number of carbonyl (C=O) groups is 1. The molecule has 2 rings (SSSR count). The maximum Gasteiger partial charge on any atom is 0.337 e. The number of aromatic carboxylic acids is 1. The third-order valence-electron chi connectivity index (χ3n) is 2.40. The minimum Gasteiger partial charge on any atom is -0.478 e. The lowest BCUT2D eigenvalue weighted by molar-refractivity contribution is 0.0696. The zero-order valence-corrected chi connectivity index (χ0v) is 9.13. The highest BCUT2D eigenvalue weighted by atomic mass is 16.4. The van der Waals surface area contributed by atoms with E-state index < -0.39 is 5.97 Å². The van der Waals surface area contributed by atoms with Crippen molar-refractivity contribution in [2.24, 2.45) is 0 Å². The Balaban J connectivity index is 2.24. The fourth-order valence-electron chi connectivity index (χ4n) is 1.64. The number of rotatable bonds is 3. The summed E-state index contributed by atoms with van der Waals surface area (Å²) in [6.45, 7) is 0. The molecule has 0 bridgehead atoms. The molecule has 0 aliphatic carbocycles. The van der Waals surface area contributed by atoms with Crippen LogP contribution in [0.5, 0.6) is 0 Å². The second-order valence-corrected chi connectivity index (χ2v) is 3.81. The molecule has 4 heteroatoms. The minimum atomic E-state index is -0.966. The molecule has 1 heterocycles. The van der Waals surface area contributed by atoms with Crippen molar-refractivity contribution in [1.29, 1.82) is 0 Å². The van der Waals surface area contributed by atoms with Gasteiger partial charge in [-0.2, -0.15) is 0 Å². The molecule has 0 aliphatic heterocycles. The molecule has 2 aromatic rings. The zero-order chi connectivity index (χ0) is 12.3. The van der Waals surface area contributed by atoms with E-state index in [1.165, 1.54) is 6.20 Å². The van der Waals surface area contributed by atoms with E-state index >= 15 is 0 Å². The molecule has 0 saturated carbocycles. The van der Waals surface area contributed by atoms with Crippen LogP contribution in [-0.2, 0) is 6.42 Å². The summed E-state index contributed by atoms with van der Waals surface area (Å²) in [4.78, 5) is 14.7. The van der Waals surface area contributed by atoms with Gasteiger partial charge in [0.15, 0.2) is 0 Å². The number of benzene rings is 1. The van der Waals surface area contributed by atoms with Crippen LogP contribution in [0.2, 0.25) is 0 Å². The van der Waals surface area contributed by atoms with Gasteiger partial charge in [-0.05, 0) is 35.7 Å². The van der Waals surface area contributed by atoms with Crippen LogP contribution < -0.4 is 5.73 Å². The Bertz CT molecular complexity index is 553. The van der Waals surface area contributed by atoms with Crippen molar-refractivity contribution in [2.45, 2.75) is 6.42 Å². The van der Waals surface area contributed by atoms with Crippen LogP contribution in [0.15, 0.2) is 42.7 Å². The number of nitrogens with zero attached hydrogens (tertiary/aromatic N) is 1. The maximum atomic E-state index is 10.8. The molecule has 0 amide bonds. The first-order valence-electron chi connectivity index (χ1n) is 5.17. The van der Waals surface area contributed by atoms with Gasteiger partial charge in [0, 0.05) is 18.1 Å². The topological polar surface area (TPSA) is 76.2 Å². The van der Waals surface area contributed by atoms with Crippen molar-refractivity contribution in [3.8, 4) is 0 Å². The Kier molecular flexibility index (Phi) is 3.05. The lowest BCUT2D eigenvalue weighted by Crippen LogP contribution is -1.99. The normalized spacial score (nSPS) is 10.1. The highest BCUT2D eigenvalue weighted by Gasteiger charge is 2.04. The highest BCUT2D eigenvalue weighted by molar-refractivity contribution is 5.87. The number of carboxylic acids is 1. The zero-order valence-electron chi connectivity index (χ0n) is 9.13. The smallest absolute Gasteiger partial charge is 0.337 e. The Morgan fingerprint density at radius 1 is 1.24 bits per heavy atom. The third kappa shape index (κ3) is 2.81. The lowest BCUT2D eigenvalue weighted by atomic mass is 10.0. The Hall–Kier alpha value is -2.36. The fourth-order valence-corrected chi connectivity index (χ4v) is 1.64. The van der Waals surface area contributed by atoms with E-state index in [1.54, 1.807) is 12.3 Å². The minimum absolute atomic E-state index is 0.200. The number of hydrogen-bond acceptors (Lipinski definition) is 3. The average Bonchev–Trinajstić information content (AvgIpc) is 2.29. The number of hydrogen-bond donors (Lipinski definition) is 2. The first-order valence-corrected chi connectivity index (χ1v) is 5.17. The lowest BCUT2D eigenvalue weighted by Gasteiger charge is -2.03. The maximum absolute atomic E-state index is 10.8. The first-order chi connectivity index (χ1) is 8.15. The van der Waals surface area contributed by atoms with Gasteiger partial charge in [0.05, 0.1) is 5.56 Å². The van der Waals surface area contributed by atoms with Crippen LogP contribution in [0, 0.1) is 0 Å². The molecular weight excluding hydrogens is 216 g/mol. The summed E-state index contributed by atoms with van der Waals surface area (Å²) < 4.78 is 0. The Morgan fingerprint density at radius 3 is 2.76 bits per heavy atom. The van der Waals surface area contributed by atoms with Gasteiger partial charge in [0.2, 0.25) is 0 Å². The molecule has 0 saturated heterocycles. The van der Waals surface area contributed by atoms with Crippen molar-refractivity contribution >= 4 is 11.7 Å². The summed E-state index contributed by atoms with van der Waals surface area (Å²) in [5.74, 6) is -0.966. The molecule has 0 unspecified atom stereocenters. The number of anilines is 1. The van der Waals surface area contributed by atoms with Crippen molar-refractivity contribution in [3.05, 3.63) is 59.4 Å². The Morgan fingerprint density at radius 2 is 2.06 bits per heavy atom. The van der Waals surface area contributed by atoms with Crippen LogP contribution in [0.25, 0.3) is 0 Å². The van der Waals surface area contributed by atoms with Crippen molar-refractivity contribution in [1.82, 2.24) is 4.98 Å². The van der Waals surface area contributed by atoms with Gasteiger partial charge in [0.25, 0.3) is 0 Å². The van der Waals surface area contributed by atoms with Crippen LogP contribution >= 0.6 is 0 Å². The van der Waals surface area contributed by atoms with Crippen LogP contribution in [0.1, 0.15) is 21.5 Å². The molecular formula is C13H12N2O2.